The molecule has 0 bridgehead atoms. The second-order valence-electron chi connectivity index (χ2n) is 4.21. The van der Waals surface area contributed by atoms with E-state index < -0.39 is 0 Å². The lowest BCUT2D eigenvalue weighted by Crippen LogP contribution is -2.38. The molecule has 0 aliphatic carbocycles. The molecule has 1 aliphatic rings. The number of aliphatic hydroxyl groups excluding tert-OH is 1. The summed E-state index contributed by atoms with van der Waals surface area (Å²) in [6.45, 7) is 1.60. The zero-order valence-electron chi connectivity index (χ0n) is 9.21. The summed E-state index contributed by atoms with van der Waals surface area (Å²) in [4.78, 5) is 2.14. The first-order chi connectivity index (χ1) is 7.81. The molecule has 1 N–H and O–H groups in total. The average molecular weight is 216 g/mol. The van der Waals surface area contributed by atoms with Gasteiger partial charge in [-0.1, -0.05) is 30.3 Å². The summed E-state index contributed by atoms with van der Waals surface area (Å²) in [5, 5.41) is 18.7. The Balaban J connectivity index is 2.09. The van der Waals surface area contributed by atoms with Gasteiger partial charge in [-0.2, -0.15) is 5.26 Å². The smallest absolute Gasteiger partial charge is 0.123 e. The van der Waals surface area contributed by atoms with Gasteiger partial charge >= 0.3 is 0 Å². The number of likely N-dealkylation sites (tertiary alicyclic amines) is 1. The Morgan fingerprint density at radius 3 is 2.44 bits per heavy atom. The fraction of sp³-hybridized carbons (Fsp3) is 0.462. The molecule has 0 unspecified atom stereocenters. The van der Waals surface area contributed by atoms with Crippen LogP contribution in [0.1, 0.15) is 24.4 Å². The standard InChI is InChI=1S/C13H16N2O/c14-10-13(11-4-2-1-3-5-11)15-8-6-12(16)7-9-15/h1-5,12-13,16H,6-9H2/t13-/m0/s1. The fourth-order valence-electron chi connectivity index (χ4n) is 2.15. The van der Waals surface area contributed by atoms with Crippen molar-refractivity contribution in [2.24, 2.45) is 0 Å². The number of nitriles is 1. The molecule has 0 aromatic heterocycles. The molecule has 1 aliphatic heterocycles. The van der Waals surface area contributed by atoms with E-state index in [1.54, 1.807) is 0 Å². The van der Waals surface area contributed by atoms with Crippen molar-refractivity contribution in [1.29, 1.82) is 5.26 Å². The van der Waals surface area contributed by atoms with Gasteiger partial charge in [0.05, 0.1) is 12.2 Å². The highest BCUT2D eigenvalue weighted by atomic mass is 16.3. The minimum Gasteiger partial charge on any atom is -0.393 e. The van der Waals surface area contributed by atoms with Crippen LogP contribution in [0.5, 0.6) is 0 Å². The maximum absolute atomic E-state index is 9.44. The van der Waals surface area contributed by atoms with Crippen LogP contribution in [0.3, 0.4) is 0 Å². The maximum atomic E-state index is 9.44. The Kier molecular flexibility index (Phi) is 3.55. The summed E-state index contributed by atoms with van der Waals surface area (Å²) in [5.74, 6) is 0. The van der Waals surface area contributed by atoms with E-state index in [1.807, 2.05) is 30.3 Å². The first kappa shape index (κ1) is 11.1. The van der Waals surface area contributed by atoms with Gasteiger partial charge in [0.25, 0.3) is 0 Å². The van der Waals surface area contributed by atoms with Gasteiger partial charge in [0, 0.05) is 13.1 Å². The van der Waals surface area contributed by atoms with E-state index in [4.69, 9.17) is 0 Å². The van der Waals surface area contributed by atoms with Crippen LogP contribution in [0.15, 0.2) is 30.3 Å². The maximum Gasteiger partial charge on any atom is 0.123 e. The Labute approximate surface area is 95.9 Å². The Morgan fingerprint density at radius 1 is 1.25 bits per heavy atom. The molecule has 3 heteroatoms. The lowest BCUT2D eigenvalue weighted by molar-refractivity contribution is 0.0716. The highest BCUT2D eigenvalue weighted by Crippen LogP contribution is 2.23. The number of benzene rings is 1. The molecule has 0 spiro atoms. The number of piperidine rings is 1. The number of rotatable bonds is 2. The van der Waals surface area contributed by atoms with Crippen molar-refractivity contribution in [1.82, 2.24) is 4.90 Å². The lowest BCUT2D eigenvalue weighted by Gasteiger charge is -2.32. The predicted molar refractivity (Wildman–Crippen MR) is 61.6 cm³/mol. The van der Waals surface area contributed by atoms with Crippen LogP contribution in [-0.2, 0) is 0 Å². The first-order valence-corrected chi connectivity index (χ1v) is 5.68. The molecule has 1 aromatic rings. The minimum absolute atomic E-state index is 0.173. The Hall–Kier alpha value is -1.37. The summed E-state index contributed by atoms with van der Waals surface area (Å²) < 4.78 is 0. The molecule has 3 nitrogen and oxygen atoms in total. The Bertz CT molecular complexity index is 363. The number of hydrogen-bond acceptors (Lipinski definition) is 3. The highest BCUT2D eigenvalue weighted by Gasteiger charge is 2.24. The number of nitrogens with zero attached hydrogens (tertiary/aromatic N) is 2. The molecule has 2 rings (SSSR count). The van der Waals surface area contributed by atoms with E-state index in [0.717, 1.165) is 31.5 Å². The molecular formula is C13H16N2O. The Morgan fingerprint density at radius 2 is 1.88 bits per heavy atom. The van der Waals surface area contributed by atoms with Gasteiger partial charge in [-0.05, 0) is 18.4 Å². The summed E-state index contributed by atoms with van der Waals surface area (Å²) in [6.07, 6.45) is 1.35. The van der Waals surface area contributed by atoms with Gasteiger partial charge in [0.2, 0.25) is 0 Å². The van der Waals surface area contributed by atoms with Crippen molar-refractivity contribution >= 4 is 0 Å². The lowest BCUT2D eigenvalue weighted by atomic mass is 10.0. The zero-order valence-corrected chi connectivity index (χ0v) is 9.21. The van der Waals surface area contributed by atoms with Crippen LogP contribution < -0.4 is 0 Å². The highest BCUT2D eigenvalue weighted by molar-refractivity contribution is 5.24. The number of hydrogen-bond donors (Lipinski definition) is 1. The average Bonchev–Trinajstić information content (AvgIpc) is 2.34. The molecule has 84 valence electrons. The zero-order chi connectivity index (χ0) is 11.4. The minimum atomic E-state index is -0.189. The van der Waals surface area contributed by atoms with Gasteiger partial charge in [0.15, 0.2) is 0 Å². The summed E-state index contributed by atoms with van der Waals surface area (Å²) >= 11 is 0. The van der Waals surface area contributed by atoms with E-state index in [2.05, 4.69) is 11.0 Å². The third kappa shape index (κ3) is 2.41. The molecule has 1 atom stereocenters. The van der Waals surface area contributed by atoms with Gasteiger partial charge in [0.1, 0.15) is 6.04 Å². The van der Waals surface area contributed by atoms with Gasteiger partial charge in [-0.25, -0.2) is 0 Å². The molecule has 0 amide bonds. The van der Waals surface area contributed by atoms with Crippen molar-refractivity contribution in [2.75, 3.05) is 13.1 Å². The van der Waals surface area contributed by atoms with Crippen LogP contribution in [0.25, 0.3) is 0 Å². The molecule has 0 saturated carbocycles. The largest absolute Gasteiger partial charge is 0.393 e. The number of aliphatic hydroxyl groups is 1. The van der Waals surface area contributed by atoms with Crippen molar-refractivity contribution in [2.45, 2.75) is 25.0 Å². The third-order valence-electron chi connectivity index (χ3n) is 3.10. The van der Waals surface area contributed by atoms with E-state index in [1.165, 1.54) is 0 Å². The molecule has 1 heterocycles. The van der Waals surface area contributed by atoms with Crippen molar-refractivity contribution < 1.29 is 5.11 Å². The SMILES string of the molecule is N#C[C@@H](c1ccccc1)N1CCC(O)CC1. The normalized spacial score (nSPS) is 20.2. The fourth-order valence-corrected chi connectivity index (χ4v) is 2.15. The molecule has 1 saturated heterocycles. The van der Waals surface area contributed by atoms with E-state index in [9.17, 15) is 10.4 Å². The van der Waals surface area contributed by atoms with Crippen LogP contribution in [0, 0.1) is 11.3 Å². The third-order valence-corrected chi connectivity index (χ3v) is 3.10. The molecular weight excluding hydrogens is 200 g/mol. The van der Waals surface area contributed by atoms with Crippen molar-refractivity contribution in [3.63, 3.8) is 0 Å². The van der Waals surface area contributed by atoms with E-state index in [0.29, 0.717) is 0 Å². The second-order valence-corrected chi connectivity index (χ2v) is 4.21. The van der Waals surface area contributed by atoms with Gasteiger partial charge < -0.3 is 5.11 Å². The monoisotopic (exact) mass is 216 g/mol. The van der Waals surface area contributed by atoms with E-state index >= 15 is 0 Å². The summed E-state index contributed by atoms with van der Waals surface area (Å²) in [7, 11) is 0. The predicted octanol–water partition coefficient (Wildman–Crippen LogP) is 1.71. The van der Waals surface area contributed by atoms with Crippen molar-refractivity contribution in [3.05, 3.63) is 35.9 Å². The summed E-state index contributed by atoms with van der Waals surface area (Å²) in [5.41, 5.74) is 1.04. The molecule has 1 aromatic carbocycles. The second kappa shape index (κ2) is 5.11. The van der Waals surface area contributed by atoms with Crippen LogP contribution in [-0.4, -0.2) is 29.2 Å². The summed E-state index contributed by atoms with van der Waals surface area (Å²) in [6, 6.07) is 12.0. The molecule has 16 heavy (non-hydrogen) atoms. The van der Waals surface area contributed by atoms with Gasteiger partial charge in [-0.15, -0.1) is 0 Å². The van der Waals surface area contributed by atoms with Crippen LogP contribution in [0.2, 0.25) is 0 Å². The van der Waals surface area contributed by atoms with E-state index in [-0.39, 0.29) is 12.1 Å². The quantitative estimate of drug-likeness (QED) is 0.818. The van der Waals surface area contributed by atoms with Crippen LogP contribution >= 0.6 is 0 Å². The van der Waals surface area contributed by atoms with Crippen LogP contribution in [0.4, 0.5) is 0 Å². The van der Waals surface area contributed by atoms with Crippen molar-refractivity contribution in [3.8, 4) is 6.07 Å². The molecule has 0 radical (unpaired) electrons. The molecule has 1 fully saturated rings. The first-order valence-electron chi connectivity index (χ1n) is 5.68. The topological polar surface area (TPSA) is 47.3 Å². The van der Waals surface area contributed by atoms with Gasteiger partial charge in [-0.3, -0.25) is 4.90 Å².